The molecule has 1 fully saturated rings. The van der Waals surface area contributed by atoms with Crippen molar-refractivity contribution < 1.29 is 28.2 Å². The number of fused-ring (bicyclic) bond motifs is 1. The van der Waals surface area contributed by atoms with Gasteiger partial charge in [-0.3, -0.25) is 14.5 Å². The fraction of sp³-hybridized carbons (Fsp3) is 0.391. The number of aromatic nitrogens is 1. The van der Waals surface area contributed by atoms with Crippen LogP contribution in [0.25, 0.3) is 0 Å². The van der Waals surface area contributed by atoms with Crippen molar-refractivity contribution in [1.29, 1.82) is 0 Å². The molecule has 4 rings (SSSR count). The number of benzene rings is 1. The van der Waals surface area contributed by atoms with Gasteiger partial charge in [0, 0.05) is 24.4 Å². The number of hydrogen-bond acceptors (Lipinski definition) is 6. The van der Waals surface area contributed by atoms with Crippen LogP contribution in [-0.2, 0) is 11.3 Å². The quantitative estimate of drug-likeness (QED) is 0.714. The number of nitrogens with zero attached hydrogens (tertiary/aromatic N) is 2. The van der Waals surface area contributed by atoms with E-state index in [-0.39, 0.29) is 24.6 Å². The van der Waals surface area contributed by atoms with Crippen molar-refractivity contribution >= 4 is 17.9 Å². The van der Waals surface area contributed by atoms with Crippen LogP contribution < -0.4 is 10.1 Å². The molecule has 1 aliphatic carbocycles. The van der Waals surface area contributed by atoms with Gasteiger partial charge in [0.15, 0.2) is 0 Å². The molecule has 0 bridgehead atoms. The summed E-state index contributed by atoms with van der Waals surface area (Å²) >= 11 is 0. The monoisotopic (exact) mass is 441 g/mol. The number of rotatable bonds is 5. The zero-order chi connectivity index (χ0) is 23.0. The molecule has 9 heteroatoms. The lowest BCUT2D eigenvalue weighted by molar-refractivity contribution is 0.0351. The van der Waals surface area contributed by atoms with Gasteiger partial charge in [-0.15, -0.1) is 0 Å². The van der Waals surface area contributed by atoms with E-state index in [1.807, 2.05) is 0 Å². The second kappa shape index (κ2) is 8.22. The van der Waals surface area contributed by atoms with E-state index < -0.39 is 29.3 Å². The minimum absolute atomic E-state index is 0.102. The Morgan fingerprint density at radius 3 is 2.41 bits per heavy atom. The summed E-state index contributed by atoms with van der Waals surface area (Å²) in [6, 6.07) is 7.65. The smallest absolute Gasteiger partial charge is 0.407 e. The van der Waals surface area contributed by atoms with Crippen molar-refractivity contribution in [3.63, 3.8) is 0 Å². The van der Waals surface area contributed by atoms with Gasteiger partial charge in [-0.1, -0.05) is 12.1 Å². The summed E-state index contributed by atoms with van der Waals surface area (Å²) in [5.74, 6) is -1.32. The maximum atomic E-state index is 13.9. The van der Waals surface area contributed by atoms with Crippen LogP contribution in [-0.4, -0.2) is 45.5 Å². The standard InChI is InChI=1S/C23H24FN3O5/c1-23(2,3)32-22(30)26-15-9-16(10-15)31-19-13(8-14(24)11-25-19)12-27-20(28)17-6-4-5-7-18(17)21(27)29/h4-8,11,15-16H,9-10,12H2,1-3H3,(H,26,30)/t15-,16+. The largest absolute Gasteiger partial charge is 0.474 e. The molecule has 2 heterocycles. The van der Waals surface area contributed by atoms with Gasteiger partial charge in [-0.25, -0.2) is 14.2 Å². The number of carbonyl (C=O) groups excluding carboxylic acids is 3. The van der Waals surface area contributed by atoms with Gasteiger partial charge in [0.2, 0.25) is 5.88 Å². The number of nitrogens with one attached hydrogen (secondary N) is 1. The number of ether oxygens (including phenoxy) is 2. The molecule has 0 atom stereocenters. The van der Waals surface area contributed by atoms with Gasteiger partial charge in [0.05, 0.1) is 23.9 Å². The Morgan fingerprint density at radius 1 is 1.19 bits per heavy atom. The zero-order valence-corrected chi connectivity index (χ0v) is 18.1. The van der Waals surface area contributed by atoms with Gasteiger partial charge in [0.25, 0.3) is 11.8 Å². The lowest BCUT2D eigenvalue weighted by Gasteiger charge is -2.36. The number of carbonyl (C=O) groups is 3. The molecule has 0 unspecified atom stereocenters. The van der Waals surface area contributed by atoms with Crippen LogP contribution in [0.15, 0.2) is 36.5 Å². The molecule has 8 nitrogen and oxygen atoms in total. The van der Waals surface area contributed by atoms with E-state index in [1.54, 1.807) is 45.0 Å². The number of pyridine rings is 1. The highest BCUT2D eigenvalue weighted by atomic mass is 19.1. The maximum absolute atomic E-state index is 13.9. The normalized spacial score (nSPS) is 19.9. The third-order valence-electron chi connectivity index (χ3n) is 5.19. The summed E-state index contributed by atoms with van der Waals surface area (Å²) in [7, 11) is 0. The lowest BCUT2D eigenvalue weighted by atomic mass is 9.89. The summed E-state index contributed by atoms with van der Waals surface area (Å²) in [5.41, 5.74) is 0.350. The van der Waals surface area contributed by atoms with Crippen LogP contribution in [0, 0.1) is 5.82 Å². The van der Waals surface area contributed by atoms with Crippen LogP contribution >= 0.6 is 0 Å². The van der Waals surface area contributed by atoms with E-state index >= 15 is 0 Å². The third-order valence-corrected chi connectivity index (χ3v) is 5.19. The van der Waals surface area contributed by atoms with Crippen LogP contribution in [0.5, 0.6) is 5.88 Å². The first-order chi connectivity index (χ1) is 15.1. The Morgan fingerprint density at radius 2 is 1.81 bits per heavy atom. The van der Waals surface area contributed by atoms with E-state index in [2.05, 4.69) is 10.3 Å². The molecular weight excluding hydrogens is 417 g/mol. The average Bonchev–Trinajstić information content (AvgIpc) is 2.92. The second-order valence-corrected chi connectivity index (χ2v) is 8.91. The van der Waals surface area contributed by atoms with Crippen molar-refractivity contribution in [1.82, 2.24) is 15.2 Å². The Bertz CT molecular complexity index is 1040. The Kier molecular flexibility index (Phi) is 5.58. The summed E-state index contributed by atoms with van der Waals surface area (Å²) in [4.78, 5) is 42.2. The molecule has 1 saturated carbocycles. The third kappa shape index (κ3) is 4.56. The summed E-state index contributed by atoms with van der Waals surface area (Å²) in [5, 5.41) is 2.77. The lowest BCUT2D eigenvalue weighted by Crippen LogP contribution is -2.50. The van der Waals surface area contributed by atoms with Gasteiger partial charge < -0.3 is 14.8 Å². The number of hydrogen-bond donors (Lipinski definition) is 1. The van der Waals surface area contributed by atoms with Gasteiger partial charge in [0.1, 0.15) is 17.5 Å². The highest BCUT2D eigenvalue weighted by Crippen LogP contribution is 2.30. The number of halogens is 1. The minimum atomic E-state index is -0.595. The topological polar surface area (TPSA) is 97.8 Å². The fourth-order valence-corrected chi connectivity index (χ4v) is 3.65. The van der Waals surface area contributed by atoms with E-state index in [1.165, 1.54) is 6.07 Å². The van der Waals surface area contributed by atoms with Crippen molar-refractivity contribution in [2.75, 3.05) is 0 Å². The average molecular weight is 441 g/mol. The van der Waals surface area contributed by atoms with E-state index in [4.69, 9.17) is 9.47 Å². The van der Waals surface area contributed by atoms with Crippen molar-refractivity contribution in [2.45, 2.75) is 57.9 Å². The molecule has 1 aliphatic heterocycles. The molecule has 168 valence electrons. The molecule has 3 amide bonds. The van der Waals surface area contributed by atoms with Crippen LogP contribution in [0.2, 0.25) is 0 Å². The Labute approximate surface area is 184 Å². The van der Waals surface area contributed by atoms with E-state index in [0.717, 1.165) is 11.1 Å². The molecule has 32 heavy (non-hydrogen) atoms. The minimum Gasteiger partial charge on any atom is -0.474 e. The molecular formula is C23H24FN3O5. The summed E-state index contributed by atoms with van der Waals surface area (Å²) in [6.07, 6.45) is 1.35. The first-order valence-corrected chi connectivity index (χ1v) is 10.4. The Hall–Kier alpha value is -3.49. The predicted octanol–water partition coefficient (Wildman–Crippen LogP) is 3.45. The molecule has 0 spiro atoms. The zero-order valence-electron chi connectivity index (χ0n) is 18.1. The van der Waals surface area contributed by atoms with Crippen molar-refractivity contribution in [2.24, 2.45) is 0 Å². The SMILES string of the molecule is CC(C)(C)OC(=O)N[C@H]1C[C@@H](Oc2ncc(F)cc2CN2C(=O)c3ccccc3C2=O)C1. The molecule has 2 aliphatic rings. The Balaban J connectivity index is 1.40. The highest BCUT2D eigenvalue weighted by Gasteiger charge is 2.37. The van der Waals surface area contributed by atoms with Crippen molar-refractivity contribution in [3.8, 4) is 5.88 Å². The number of amides is 3. The first kappa shape index (κ1) is 21.7. The molecule has 1 N–H and O–H groups in total. The molecule has 2 aromatic rings. The highest BCUT2D eigenvalue weighted by molar-refractivity contribution is 6.21. The van der Waals surface area contributed by atoms with Crippen LogP contribution in [0.3, 0.4) is 0 Å². The van der Waals surface area contributed by atoms with Gasteiger partial charge >= 0.3 is 6.09 Å². The number of alkyl carbamates (subject to hydrolysis) is 1. The number of imide groups is 1. The molecule has 0 radical (unpaired) electrons. The summed E-state index contributed by atoms with van der Waals surface area (Å²) < 4.78 is 25.0. The molecule has 1 aromatic heterocycles. The maximum Gasteiger partial charge on any atom is 0.407 e. The van der Waals surface area contributed by atoms with Gasteiger partial charge in [-0.05, 0) is 39.0 Å². The van der Waals surface area contributed by atoms with Crippen LogP contribution in [0.4, 0.5) is 9.18 Å². The van der Waals surface area contributed by atoms with Crippen LogP contribution in [0.1, 0.15) is 59.9 Å². The van der Waals surface area contributed by atoms with E-state index in [0.29, 0.717) is 29.5 Å². The molecule has 1 aromatic carbocycles. The van der Waals surface area contributed by atoms with Gasteiger partial charge in [-0.2, -0.15) is 0 Å². The molecule has 0 saturated heterocycles. The van der Waals surface area contributed by atoms with Crippen molar-refractivity contribution in [3.05, 3.63) is 59.0 Å². The first-order valence-electron chi connectivity index (χ1n) is 10.4. The summed E-state index contributed by atoms with van der Waals surface area (Å²) in [6.45, 7) is 5.21. The fourth-order valence-electron chi connectivity index (χ4n) is 3.65. The van der Waals surface area contributed by atoms with E-state index in [9.17, 15) is 18.8 Å². The second-order valence-electron chi connectivity index (χ2n) is 8.91. The predicted molar refractivity (Wildman–Crippen MR) is 112 cm³/mol.